The van der Waals surface area contributed by atoms with E-state index in [0.717, 1.165) is 11.3 Å². The van der Waals surface area contributed by atoms with E-state index in [9.17, 15) is 4.79 Å². The number of rotatable bonds is 6. The van der Waals surface area contributed by atoms with Gasteiger partial charge in [0.2, 0.25) is 11.8 Å². The summed E-state index contributed by atoms with van der Waals surface area (Å²) in [5.74, 6) is 0.477. The molecule has 0 aliphatic heterocycles. The van der Waals surface area contributed by atoms with E-state index in [-0.39, 0.29) is 11.7 Å². The van der Waals surface area contributed by atoms with Crippen LogP contribution in [-0.4, -0.2) is 36.6 Å². The molecule has 0 unspecified atom stereocenters. The molecule has 1 amide bonds. The molecule has 0 aliphatic carbocycles. The van der Waals surface area contributed by atoms with Gasteiger partial charge < -0.3 is 9.73 Å². The van der Waals surface area contributed by atoms with Crippen LogP contribution in [0.2, 0.25) is 0 Å². The fourth-order valence-electron chi connectivity index (χ4n) is 1.77. The molecule has 0 saturated carbocycles. The Hall–Kier alpha value is -2.68. The summed E-state index contributed by atoms with van der Waals surface area (Å²) in [5.41, 5.74) is 1.90. The van der Waals surface area contributed by atoms with Crippen LogP contribution in [0.3, 0.4) is 0 Å². The number of hydrogen-bond acceptors (Lipinski definition) is 7. The number of benzene rings is 1. The van der Waals surface area contributed by atoms with E-state index in [1.54, 1.807) is 11.0 Å². The van der Waals surface area contributed by atoms with Gasteiger partial charge in [-0.15, -0.1) is 10.2 Å². The molecule has 23 heavy (non-hydrogen) atoms. The van der Waals surface area contributed by atoms with Crippen LogP contribution in [0.5, 0.6) is 0 Å². The molecule has 1 aromatic carbocycles. The van der Waals surface area contributed by atoms with Gasteiger partial charge in [-0.1, -0.05) is 29.5 Å². The molecule has 0 aliphatic rings. The highest BCUT2D eigenvalue weighted by molar-refractivity contribution is 7.99. The first-order valence-corrected chi connectivity index (χ1v) is 7.82. The molecule has 118 valence electrons. The van der Waals surface area contributed by atoms with E-state index < -0.39 is 0 Å². The molecule has 2 aromatic heterocycles. The zero-order valence-corrected chi connectivity index (χ0v) is 13.2. The van der Waals surface area contributed by atoms with Crippen molar-refractivity contribution >= 4 is 23.4 Å². The van der Waals surface area contributed by atoms with E-state index in [2.05, 4.69) is 25.6 Å². The molecule has 3 rings (SSSR count). The van der Waals surface area contributed by atoms with Crippen molar-refractivity contribution in [1.82, 2.24) is 25.0 Å². The normalized spacial score (nSPS) is 10.7. The van der Waals surface area contributed by atoms with Gasteiger partial charge in [0.15, 0.2) is 0 Å². The molecule has 0 fully saturated rings. The Kier molecular flexibility index (Phi) is 4.67. The smallest absolute Gasteiger partial charge is 0.277 e. The Balaban J connectivity index is 1.49. The number of nitrogens with one attached hydrogen (secondary N) is 1. The zero-order chi connectivity index (χ0) is 16.1. The molecule has 9 heteroatoms. The molecule has 8 nitrogen and oxygen atoms in total. The fourth-order valence-corrected chi connectivity index (χ4v) is 2.36. The minimum absolute atomic E-state index is 0.130. The molecular weight excluding hydrogens is 316 g/mol. The van der Waals surface area contributed by atoms with E-state index in [1.165, 1.54) is 18.1 Å². The van der Waals surface area contributed by atoms with Crippen molar-refractivity contribution in [1.29, 1.82) is 0 Å². The number of aromatic nitrogens is 5. The maximum absolute atomic E-state index is 11.9. The predicted molar refractivity (Wildman–Crippen MR) is 84.0 cm³/mol. The minimum atomic E-state index is -0.130. The third kappa shape index (κ3) is 4.39. The van der Waals surface area contributed by atoms with Crippen molar-refractivity contribution in [3.05, 3.63) is 48.4 Å². The summed E-state index contributed by atoms with van der Waals surface area (Å²) in [6, 6.07) is 7.61. The van der Waals surface area contributed by atoms with Crippen LogP contribution in [0.1, 0.15) is 11.5 Å². The molecule has 0 saturated heterocycles. The zero-order valence-electron chi connectivity index (χ0n) is 12.3. The Morgan fingerprint density at radius 3 is 2.87 bits per heavy atom. The van der Waals surface area contributed by atoms with Gasteiger partial charge in [-0.25, -0.2) is 9.67 Å². The number of carbonyl (C=O) groups is 1. The highest BCUT2D eigenvalue weighted by Gasteiger charge is 2.10. The van der Waals surface area contributed by atoms with Gasteiger partial charge in [0.1, 0.15) is 19.2 Å². The first-order valence-electron chi connectivity index (χ1n) is 6.83. The summed E-state index contributed by atoms with van der Waals surface area (Å²) < 4.78 is 7.02. The lowest BCUT2D eigenvalue weighted by molar-refractivity contribution is -0.113. The number of carbonyl (C=O) groups excluding carboxylic acids is 1. The third-order valence-electron chi connectivity index (χ3n) is 2.87. The Labute approximate surface area is 136 Å². The number of hydrogen-bond donors (Lipinski definition) is 1. The summed E-state index contributed by atoms with van der Waals surface area (Å²) in [5, 5.41) is 14.9. The van der Waals surface area contributed by atoms with Crippen LogP contribution in [0.4, 0.5) is 5.69 Å². The lowest BCUT2D eigenvalue weighted by Crippen LogP contribution is -2.13. The second-order valence-corrected chi connectivity index (χ2v) is 5.68. The van der Waals surface area contributed by atoms with Crippen LogP contribution in [0, 0.1) is 6.92 Å². The van der Waals surface area contributed by atoms with Gasteiger partial charge in [0, 0.05) is 5.69 Å². The maximum Gasteiger partial charge on any atom is 0.277 e. The van der Waals surface area contributed by atoms with Crippen molar-refractivity contribution in [2.75, 3.05) is 11.1 Å². The van der Waals surface area contributed by atoms with Crippen molar-refractivity contribution in [3.8, 4) is 0 Å². The molecule has 0 atom stereocenters. The second-order valence-electron chi connectivity index (χ2n) is 4.76. The van der Waals surface area contributed by atoms with Crippen LogP contribution >= 0.6 is 11.8 Å². The highest BCUT2D eigenvalue weighted by Crippen LogP contribution is 2.17. The molecule has 0 radical (unpaired) electrons. The Morgan fingerprint density at radius 2 is 2.13 bits per heavy atom. The summed E-state index contributed by atoms with van der Waals surface area (Å²) >= 11 is 1.19. The van der Waals surface area contributed by atoms with E-state index in [1.807, 2.05) is 31.2 Å². The summed E-state index contributed by atoms with van der Waals surface area (Å²) in [4.78, 5) is 15.7. The lowest BCUT2D eigenvalue weighted by atomic mass is 10.2. The fraction of sp³-hybridized carbons (Fsp3) is 0.214. The average molecular weight is 330 g/mol. The number of nitrogens with zero attached hydrogens (tertiary/aromatic N) is 5. The molecular formula is C14H14N6O2S. The summed E-state index contributed by atoms with van der Waals surface area (Å²) in [6.45, 7) is 2.34. The SMILES string of the molecule is Cc1ccc(NC(=O)CSc2nnc(Cn3cncn3)o2)cc1. The average Bonchev–Trinajstić information content (AvgIpc) is 3.20. The number of aryl methyl sites for hydroxylation is 1. The van der Waals surface area contributed by atoms with Crippen molar-refractivity contribution in [2.24, 2.45) is 0 Å². The largest absolute Gasteiger partial charge is 0.414 e. The topological polar surface area (TPSA) is 98.7 Å². The standard InChI is InChI=1S/C14H14N6O2S/c1-10-2-4-11(5-3-10)17-12(21)7-23-14-19-18-13(22-14)6-20-9-15-8-16-20/h2-5,8-9H,6-7H2,1H3,(H,17,21). The van der Waals surface area contributed by atoms with Gasteiger partial charge in [-0.2, -0.15) is 5.10 Å². The predicted octanol–water partition coefficient (Wildman–Crippen LogP) is 1.75. The monoisotopic (exact) mass is 330 g/mol. The summed E-state index contributed by atoms with van der Waals surface area (Å²) in [7, 11) is 0. The number of thioether (sulfide) groups is 1. The van der Waals surface area contributed by atoms with E-state index >= 15 is 0 Å². The highest BCUT2D eigenvalue weighted by atomic mass is 32.2. The van der Waals surface area contributed by atoms with Gasteiger partial charge in [0.25, 0.3) is 5.22 Å². The van der Waals surface area contributed by atoms with Crippen LogP contribution in [-0.2, 0) is 11.3 Å². The minimum Gasteiger partial charge on any atom is -0.414 e. The van der Waals surface area contributed by atoms with E-state index in [4.69, 9.17) is 4.42 Å². The number of amides is 1. The van der Waals surface area contributed by atoms with Gasteiger partial charge >= 0.3 is 0 Å². The summed E-state index contributed by atoms with van der Waals surface area (Å²) in [6.07, 6.45) is 2.99. The van der Waals surface area contributed by atoms with Crippen LogP contribution < -0.4 is 5.32 Å². The first kappa shape index (κ1) is 15.2. The first-order chi connectivity index (χ1) is 11.2. The van der Waals surface area contributed by atoms with Crippen LogP contribution in [0.25, 0.3) is 0 Å². The van der Waals surface area contributed by atoms with Crippen molar-refractivity contribution in [3.63, 3.8) is 0 Å². The molecule has 0 bridgehead atoms. The van der Waals surface area contributed by atoms with E-state index in [0.29, 0.717) is 17.7 Å². The molecule has 0 spiro atoms. The maximum atomic E-state index is 11.9. The Morgan fingerprint density at radius 1 is 1.30 bits per heavy atom. The molecule has 2 heterocycles. The van der Waals surface area contributed by atoms with Gasteiger partial charge in [-0.05, 0) is 19.1 Å². The number of anilines is 1. The quantitative estimate of drug-likeness (QED) is 0.687. The van der Waals surface area contributed by atoms with Crippen molar-refractivity contribution < 1.29 is 9.21 Å². The van der Waals surface area contributed by atoms with Gasteiger partial charge in [-0.3, -0.25) is 4.79 Å². The van der Waals surface area contributed by atoms with Gasteiger partial charge in [0.05, 0.1) is 5.75 Å². The third-order valence-corrected chi connectivity index (χ3v) is 3.69. The molecule has 1 N–H and O–H groups in total. The second kappa shape index (κ2) is 7.05. The van der Waals surface area contributed by atoms with Crippen LogP contribution in [0.15, 0.2) is 46.6 Å². The van der Waals surface area contributed by atoms with Crippen molar-refractivity contribution in [2.45, 2.75) is 18.7 Å². The lowest BCUT2D eigenvalue weighted by Gasteiger charge is -2.03. The molecule has 3 aromatic rings. The Bertz CT molecular complexity index is 769.